The van der Waals surface area contributed by atoms with E-state index in [1.165, 1.54) is 13.2 Å². The minimum absolute atomic E-state index is 0.0312. The van der Waals surface area contributed by atoms with Crippen LogP contribution in [0.25, 0.3) is 0 Å². The molecule has 0 fully saturated rings. The van der Waals surface area contributed by atoms with Crippen LogP contribution in [0.3, 0.4) is 0 Å². The highest BCUT2D eigenvalue weighted by Gasteiger charge is 2.11. The van der Waals surface area contributed by atoms with Crippen molar-refractivity contribution >= 4 is 33.2 Å². The fourth-order valence-electron chi connectivity index (χ4n) is 1.87. The molecule has 5 heteroatoms. The van der Waals surface area contributed by atoms with Gasteiger partial charge in [-0.1, -0.05) is 33.6 Å². The molecular formula is C15H14BrClFNO. The van der Waals surface area contributed by atoms with Crippen LogP contribution >= 0.6 is 27.5 Å². The third-order valence-corrected chi connectivity index (χ3v) is 3.80. The molecule has 0 saturated carbocycles. The van der Waals surface area contributed by atoms with Crippen molar-refractivity contribution < 1.29 is 9.13 Å². The van der Waals surface area contributed by atoms with E-state index in [2.05, 4.69) is 21.2 Å². The molecule has 0 bridgehead atoms. The van der Waals surface area contributed by atoms with Crippen LogP contribution < -0.4 is 10.1 Å². The molecule has 0 aliphatic heterocycles. The Kier molecular flexibility index (Phi) is 4.89. The predicted molar refractivity (Wildman–Crippen MR) is 84.1 cm³/mol. The summed E-state index contributed by atoms with van der Waals surface area (Å²) in [5.74, 6) is -0.138. The molecule has 0 heterocycles. The second-order valence-electron chi connectivity index (χ2n) is 4.38. The summed E-state index contributed by atoms with van der Waals surface area (Å²) in [5, 5.41) is 3.93. The first-order chi connectivity index (χ1) is 9.51. The first-order valence-corrected chi connectivity index (χ1v) is 7.23. The molecule has 2 rings (SSSR count). The third-order valence-electron chi connectivity index (χ3n) is 2.98. The van der Waals surface area contributed by atoms with Gasteiger partial charge in [0.05, 0.1) is 17.8 Å². The zero-order valence-corrected chi connectivity index (χ0v) is 13.4. The van der Waals surface area contributed by atoms with Crippen molar-refractivity contribution in [3.05, 3.63) is 57.3 Å². The summed E-state index contributed by atoms with van der Waals surface area (Å²) in [6.45, 7) is 1.98. The summed E-state index contributed by atoms with van der Waals surface area (Å²) in [6.07, 6.45) is 0. The summed E-state index contributed by atoms with van der Waals surface area (Å²) in [4.78, 5) is 0. The molecule has 0 radical (unpaired) electrons. The Balaban J connectivity index is 2.23. The topological polar surface area (TPSA) is 21.3 Å². The second kappa shape index (κ2) is 6.46. The van der Waals surface area contributed by atoms with Gasteiger partial charge in [0, 0.05) is 10.5 Å². The van der Waals surface area contributed by atoms with Crippen molar-refractivity contribution in [2.45, 2.75) is 13.0 Å². The van der Waals surface area contributed by atoms with Gasteiger partial charge < -0.3 is 10.1 Å². The SMILES string of the molecule is COc1cc(C(C)Nc2cc(Br)ccc2Cl)ccc1F. The van der Waals surface area contributed by atoms with Crippen LogP contribution in [0.4, 0.5) is 10.1 Å². The number of methoxy groups -OCH3 is 1. The second-order valence-corrected chi connectivity index (χ2v) is 5.71. The van der Waals surface area contributed by atoms with Crippen molar-refractivity contribution in [2.75, 3.05) is 12.4 Å². The molecule has 2 aromatic rings. The highest BCUT2D eigenvalue weighted by molar-refractivity contribution is 9.10. The summed E-state index contributed by atoms with van der Waals surface area (Å²) in [5.41, 5.74) is 1.73. The van der Waals surface area contributed by atoms with Gasteiger partial charge in [-0.3, -0.25) is 0 Å². The minimum Gasteiger partial charge on any atom is -0.494 e. The number of ether oxygens (including phenoxy) is 1. The Morgan fingerprint density at radius 2 is 2.00 bits per heavy atom. The summed E-state index contributed by atoms with van der Waals surface area (Å²) < 4.78 is 19.3. The van der Waals surface area contributed by atoms with Crippen LogP contribution in [0.5, 0.6) is 5.75 Å². The monoisotopic (exact) mass is 357 g/mol. The highest BCUT2D eigenvalue weighted by atomic mass is 79.9. The largest absolute Gasteiger partial charge is 0.494 e. The molecule has 20 heavy (non-hydrogen) atoms. The third kappa shape index (κ3) is 3.44. The van der Waals surface area contributed by atoms with E-state index >= 15 is 0 Å². The summed E-state index contributed by atoms with van der Waals surface area (Å²) in [7, 11) is 1.45. The minimum atomic E-state index is -0.371. The van der Waals surface area contributed by atoms with Crippen molar-refractivity contribution in [1.82, 2.24) is 0 Å². The number of nitrogens with one attached hydrogen (secondary N) is 1. The van der Waals surface area contributed by atoms with Crippen LogP contribution in [-0.2, 0) is 0 Å². The lowest BCUT2D eigenvalue weighted by atomic mass is 10.1. The number of halogens is 3. The van der Waals surface area contributed by atoms with Crippen LogP contribution in [0.15, 0.2) is 40.9 Å². The van der Waals surface area contributed by atoms with Crippen LogP contribution in [0.2, 0.25) is 5.02 Å². The van der Waals surface area contributed by atoms with Gasteiger partial charge in [0.2, 0.25) is 0 Å². The molecular weight excluding hydrogens is 345 g/mol. The van der Waals surface area contributed by atoms with Gasteiger partial charge in [0.1, 0.15) is 0 Å². The van der Waals surface area contributed by atoms with Crippen molar-refractivity contribution in [1.29, 1.82) is 0 Å². The first-order valence-electron chi connectivity index (χ1n) is 6.06. The van der Waals surface area contributed by atoms with E-state index in [4.69, 9.17) is 16.3 Å². The number of hydrogen-bond donors (Lipinski definition) is 1. The molecule has 0 aromatic heterocycles. The maximum absolute atomic E-state index is 13.4. The van der Waals surface area contributed by atoms with E-state index in [9.17, 15) is 4.39 Å². The molecule has 106 valence electrons. The number of rotatable bonds is 4. The van der Waals surface area contributed by atoms with Gasteiger partial charge in [-0.2, -0.15) is 0 Å². The van der Waals surface area contributed by atoms with Crippen molar-refractivity contribution in [3.63, 3.8) is 0 Å². The molecule has 1 atom stereocenters. The average Bonchev–Trinajstić information content (AvgIpc) is 2.43. The zero-order chi connectivity index (χ0) is 14.7. The van der Waals surface area contributed by atoms with E-state index in [1.54, 1.807) is 12.1 Å². The summed E-state index contributed by atoms with van der Waals surface area (Å²) in [6, 6.07) is 10.4. The van der Waals surface area contributed by atoms with Gasteiger partial charge in [0.25, 0.3) is 0 Å². The van der Waals surface area contributed by atoms with E-state index < -0.39 is 0 Å². The summed E-state index contributed by atoms with van der Waals surface area (Å²) >= 11 is 9.55. The maximum atomic E-state index is 13.4. The molecule has 2 nitrogen and oxygen atoms in total. The fourth-order valence-corrected chi connectivity index (χ4v) is 2.40. The Bertz CT molecular complexity index is 621. The molecule has 1 N–H and O–H groups in total. The molecule has 0 saturated heterocycles. The Morgan fingerprint density at radius 3 is 2.70 bits per heavy atom. The molecule has 0 amide bonds. The van der Waals surface area contributed by atoms with E-state index in [0.717, 1.165) is 15.7 Å². The average molecular weight is 359 g/mol. The lowest BCUT2D eigenvalue weighted by Crippen LogP contribution is -2.07. The van der Waals surface area contributed by atoms with E-state index in [0.29, 0.717) is 5.02 Å². The lowest BCUT2D eigenvalue weighted by Gasteiger charge is -2.18. The molecule has 0 aliphatic carbocycles. The van der Waals surface area contributed by atoms with Crippen molar-refractivity contribution in [2.24, 2.45) is 0 Å². The normalized spacial score (nSPS) is 12.1. The predicted octanol–water partition coefficient (Wildman–Crippen LogP) is 5.42. The fraction of sp³-hybridized carbons (Fsp3) is 0.200. The smallest absolute Gasteiger partial charge is 0.165 e. The standard InChI is InChI=1S/C15H14BrClFNO/c1-9(10-3-6-13(18)15(7-10)20-2)19-14-8-11(16)4-5-12(14)17/h3-9,19H,1-2H3. The van der Waals surface area contributed by atoms with Crippen LogP contribution in [-0.4, -0.2) is 7.11 Å². The Labute approximate surface area is 131 Å². The zero-order valence-electron chi connectivity index (χ0n) is 11.1. The van der Waals surface area contributed by atoms with Crippen LogP contribution in [0, 0.1) is 5.82 Å². The first kappa shape index (κ1) is 15.1. The maximum Gasteiger partial charge on any atom is 0.165 e. The number of hydrogen-bond acceptors (Lipinski definition) is 2. The van der Waals surface area contributed by atoms with Gasteiger partial charge in [0.15, 0.2) is 11.6 Å². The lowest BCUT2D eigenvalue weighted by molar-refractivity contribution is 0.385. The Hall–Kier alpha value is -1.26. The van der Waals surface area contributed by atoms with E-state index in [-0.39, 0.29) is 17.6 Å². The van der Waals surface area contributed by atoms with Crippen LogP contribution in [0.1, 0.15) is 18.5 Å². The number of benzene rings is 2. The molecule has 2 aromatic carbocycles. The van der Waals surface area contributed by atoms with Gasteiger partial charge >= 0.3 is 0 Å². The Morgan fingerprint density at radius 1 is 1.25 bits per heavy atom. The highest BCUT2D eigenvalue weighted by Crippen LogP contribution is 2.30. The van der Waals surface area contributed by atoms with Gasteiger partial charge in [-0.25, -0.2) is 4.39 Å². The van der Waals surface area contributed by atoms with Gasteiger partial charge in [-0.15, -0.1) is 0 Å². The molecule has 0 spiro atoms. The molecule has 1 unspecified atom stereocenters. The quantitative estimate of drug-likeness (QED) is 0.787. The molecule has 0 aliphatic rings. The number of anilines is 1. The van der Waals surface area contributed by atoms with Crippen molar-refractivity contribution in [3.8, 4) is 5.75 Å². The van der Waals surface area contributed by atoms with E-state index in [1.807, 2.05) is 25.1 Å². The van der Waals surface area contributed by atoms with Gasteiger partial charge in [-0.05, 0) is 42.8 Å².